The molecule has 4 atom stereocenters. The molecule has 17 heavy (non-hydrogen) atoms. The van der Waals surface area contributed by atoms with Gasteiger partial charge in [-0.05, 0) is 43.9 Å². The van der Waals surface area contributed by atoms with Gasteiger partial charge in [0.25, 0.3) is 0 Å². The Kier molecular flexibility index (Phi) is 3.69. The molecule has 2 aliphatic rings. The van der Waals surface area contributed by atoms with Crippen molar-refractivity contribution in [1.29, 1.82) is 0 Å². The first-order valence-electron chi connectivity index (χ1n) is 6.46. The van der Waals surface area contributed by atoms with E-state index < -0.39 is 5.97 Å². The van der Waals surface area contributed by atoms with E-state index in [1.807, 2.05) is 0 Å². The Morgan fingerprint density at radius 2 is 2.12 bits per heavy atom. The zero-order chi connectivity index (χ0) is 12.4. The Morgan fingerprint density at radius 3 is 2.65 bits per heavy atom. The van der Waals surface area contributed by atoms with E-state index in [-0.39, 0.29) is 18.4 Å². The fourth-order valence-corrected chi connectivity index (χ4v) is 3.52. The number of carbonyl (C=O) groups is 2. The monoisotopic (exact) mass is 239 g/mol. The molecule has 2 bridgehead atoms. The van der Waals surface area contributed by atoms with Crippen LogP contribution in [0, 0.1) is 17.8 Å². The van der Waals surface area contributed by atoms with E-state index in [0.717, 1.165) is 11.8 Å². The van der Waals surface area contributed by atoms with Crippen molar-refractivity contribution in [3.63, 3.8) is 0 Å². The molecular weight excluding hydrogens is 218 g/mol. The molecule has 0 aromatic heterocycles. The number of hydrogen-bond donors (Lipinski definition) is 1. The van der Waals surface area contributed by atoms with Gasteiger partial charge in [0, 0.05) is 6.04 Å². The largest absolute Gasteiger partial charge is 0.469 e. The smallest absolute Gasteiger partial charge is 0.315 e. The van der Waals surface area contributed by atoms with Crippen molar-refractivity contribution in [1.82, 2.24) is 5.32 Å². The van der Waals surface area contributed by atoms with Gasteiger partial charge in [-0.3, -0.25) is 9.59 Å². The van der Waals surface area contributed by atoms with Crippen LogP contribution < -0.4 is 5.32 Å². The fourth-order valence-electron chi connectivity index (χ4n) is 3.52. The summed E-state index contributed by atoms with van der Waals surface area (Å²) in [5.74, 6) is 1.59. The predicted octanol–water partition coefficient (Wildman–Crippen LogP) is 1.49. The van der Waals surface area contributed by atoms with Crippen LogP contribution in [0.4, 0.5) is 0 Å². The maximum Gasteiger partial charge on any atom is 0.315 e. The summed E-state index contributed by atoms with van der Waals surface area (Å²) in [5, 5.41) is 2.93. The molecule has 2 saturated carbocycles. The molecule has 2 fully saturated rings. The molecule has 4 heteroatoms. The minimum absolute atomic E-state index is 0.165. The molecule has 0 saturated heterocycles. The molecule has 1 N–H and O–H groups in total. The van der Waals surface area contributed by atoms with Gasteiger partial charge in [-0.25, -0.2) is 0 Å². The minimum Gasteiger partial charge on any atom is -0.469 e. The average Bonchev–Trinajstić information content (AvgIpc) is 2.90. The zero-order valence-electron chi connectivity index (χ0n) is 10.6. The van der Waals surface area contributed by atoms with Crippen molar-refractivity contribution in [2.75, 3.05) is 7.11 Å². The lowest BCUT2D eigenvalue weighted by molar-refractivity contribution is -0.144. The average molecular weight is 239 g/mol. The molecule has 0 aromatic carbocycles. The van der Waals surface area contributed by atoms with Crippen LogP contribution in [0.3, 0.4) is 0 Å². The molecule has 0 spiro atoms. The van der Waals surface area contributed by atoms with Crippen molar-refractivity contribution in [3.05, 3.63) is 0 Å². The number of carbonyl (C=O) groups excluding carboxylic acids is 2. The second-order valence-corrected chi connectivity index (χ2v) is 5.45. The van der Waals surface area contributed by atoms with Crippen molar-refractivity contribution in [2.24, 2.45) is 17.8 Å². The summed E-state index contributed by atoms with van der Waals surface area (Å²) in [6, 6.07) is 0.183. The molecule has 0 radical (unpaired) electrons. The van der Waals surface area contributed by atoms with E-state index in [4.69, 9.17) is 0 Å². The van der Waals surface area contributed by atoms with Crippen molar-refractivity contribution in [2.45, 2.75) is 45.1 Å². The highest BCUT2D eigenvalue weighted by Crippen LogP contribution is 2.49. The predicted molar refractivity (Wildman–Crippen MR) is 63.2 cm³/mol. The van der Waals surface area contributed by atoms with Crippen LogP contribution >= 0.6 is 0 Å². The second-order valence-electron chi connectivity index (χ2n) is 5.45. The fraction of sp³-hybridized carbons (Fsp3) is 0.846. The molecule has 2 aliphatic carbocycles. The molecule has 1 amide bonds. The van der Waals surface area contributed by atoms with Gasteiger partial charge in [0.1, 0.15) is 6.42 Å². The first-order chi connectivity index (χ1) is 8.10. The quantitative estimate of drug-likeness (QED) is 0.597. The maximum atomic E-state index is 11.6. The standard InChI is InChI=1S/C13H21NO3/c1-8(14-12(15)7-13(16)17-2)11-6-9-3-4-10(11)5-9/h8-11H,3-7H2,1-2H3,(H,14,15). The van der Waals surface area contributed by atoms with Gasteiger partial charge >= 0.3 is 5.97 Å². The number of fused-ring (bicyclic) bond motifs is 2. The van der Waals surface area contributed by atoms with Gasteiger partial charge in [-0.2, -0.15) is 0 Å². The number of hydrogen-bond acceptors (Lipinski definition) is 3. The number of methoxy groups -OCH3 is 1. The van der Waals surface area contributed by atoms with Gasteiger partial charge in [0.2, 0.25) is 5.91 Å². The number of nitrogens with one attached hydrogen (secondary N) is 1. The van der Waals surface area contributed by atoms with Crippen molar-refractivity contribution in [3.8, 4) is 0 Å². The van der Waals surface area contributed by atoms with Gasteiger partial charge in [0.15, 0.2) is 0 Å². The van der Waals surface area contributed by atoms with Crippen LogP contribution in [0.5, 0.6) is 0 Å². The molecule has 4 nitrogen and oxygen atoms in total. The second kappa shape index (κ2) is 5.07. The summed E-state index contributed by atoms with van der Waals surface area (Å²) in [5.41, 5.74) is 0. The van der Waals surface area contributed by atoms with E-state index in [2.05, 4.69) is 17.0 Å². The van der Waals surface area contributed by atoms with E-state index in [9.17, 15) is 9.59 Å². The van der Waals surface area contributed by atoms with Crippen LogP contribution in [-0.2, 0) is 14.3 Å². The molecule has 96 valence electrons. The van der Waals surface area contributed by atoms with Crippen molar-refractivity contribution >= 4 is 11.9 Å². The topological polar surface area (TPSA) is 55.4 Å². The number of esters is 1. The first kappa shape index (κ1) is 12.4. The molecule has 2 rings (SSSR count). The van der Waals surface area contributed by atoms with Gasteiger partial charge in [-0.15, -0.1) is 0 Å². The molecule has 4 unspecified atom stereocenters. The summed E-state index contributed by atoms with van der Waals surface area (Å²) in [7, 11) is 1.30. The van der Waals surface area contributed by atoms with E-state index in [1.54, 1.807) is 0 Å². The normalized spacial score (nSPS) is 32.2. The van der Waals surface area contributed by atoms with E-state index >= 15 is 0 Å². The van der Waals surface area contributed by atoms with Crippen LogP contribution in [0.2, 0.25) is 0 Å². The van der Waals surface area contributed by atoms with Crippen LogP contribution in [0.15, 0.2) is 0 Å². The first-order valence-corrected chi connectivity index (χ1v) is 6.46. The molecule has 0 aliphatic heterocycles. The summed E-state index contributed by atoms with van der Waals surface area (Å²) >= 11 is 0. The summed E-state index contributed by atoms with van der Waals surface area (Å²) in [4.78, 5) is 22.5. The van der Waals surface area contributed by atoms with Crippen molar-refractivity contribution < 1.29 is 14.3 Å². The Balaban J connectivity index is 1.79. The number of ether oxygens (including phenoxy) is 1. The summed E-state index contributed by atoms with van der Waals surface area (Å²) in [6.45, 7) is 2.06. The third kappa shape index (κ3) is 2.79. The van der Waals surface area contributed by atoms with Gasteiger partial charge < -0.3 is 10.1 Å². The Hall–Kier alpha value is -1.06. The Labute approximate surface area is 102 Å². The SMILES string of the molecule is COC(=O)CC(=O)NC(C)C1CC2CCC1C2. The maximum absolute atomic E-state index is 11.6. The minimum atomic E-state index is -0.470. The third-order valence-electron chi connectivity index (χ3n) is 4.36. The van der Waals surface area contributed by atoms with E-state index in [1.165, 1.54) is 32.8 Å². The number of rotatable bonds is 4. The molecule has 0 heterocycles. The third-order valence-corrected chi connectivity index (χ3v) is 4.36. The van der Waals surface area contributed by atoms with E-state index in [0.29, 0.717) is 5.92 Å². The summed E-state index contributed by atoms with van der Waals surface area (Å²) < 4.78 is 4.48. The van der Waals surface area contributed by atoms with Crippen LogP contribution in [-0.4, -0.2) is 25.0 Å². The zero-order valence-corrected chi connectivity index (χ0v) is 10.6. The lowest BCUT2D eigenvalue weighted by Gasteiger charge is -2.28. The van der Waals surface area contributed by atoms with Gasteiger partial charge in [-0.1, -0.05) is 6.42 Å². The number of amides is 1. The molecular formula is C13H21NO3. The lowest BCUT2D eigenvalue weighted by Crippen LogP contribution is -2.40. The highest BCUT2D eigenvalue weighted by atomic mass is 16.5. The molecule has 0 aromatic rings. The lowest BCUT2D eigenvalue weighted by atomic mass is 9.84. The highest BCUT2D eigenvalue weighted by molar-refractivity contribution is 5.94. The van der Waals surface area contributed by atoms with Gasteiger partial charge in [0.05, 0.1) is 7.11 Å². The highest BCUT2D eigenvalue weighted by Gasteiger charge is 2.42. The van der Waals surface area contributed by atoms with Crippen LogP contribution in [0.25, 0.3) is 0 Å². The van der Waals surface area contributed by atoms with Crippen LogP contribution in [0.1, 0.15) is 39.0 Å². The Bertz CT molecular complexity index is 316. The summed E-state index contributed by atoms with van der Waals surface area (Å²) in [6.07, 6.45) is 5.09. The Morgan fingerprint density at radius 1 is 1.35 bits per heavy atom.